The van der Waals surface area contributed by atoms with E-state index in [9.17, 15) is 9.90 Å². The van der Waals surface area contributed by atoms with Crippen molar-refractivity contribution < 1.29 is 19.4 Å². The number of aromatic nitrogens is 2. The molecule has 2 heterocycles. The summed E-state index contributed by atoms with van der Waals surface area (Å²) in [4.78, 5) is 23.8. The number of piperidine rings is 1. The molecule has 1 amide bonds. The van der Waals surface area contributed by atoms with Crippen LogP contribution in [-0.2, 0) is 4.74 Å². The molecule has 10 heteroatoms. The molecular formula is C28H32N6O4. The molecule has 0 radical (unpaired) electrons. The molecule has 0 saturated carbocycles. The normalized spacial score (nSPS) is 17.5. The molecule has 0 bridgehead atoms. The molecular weight excluding hydrogens is 484 g/mol. The number of hydrogen-bond acceptors (Lipinski definition) is 9. The molecule has 4 rings (SSSR count). The topological polar surface area (TPSA) is 133 Å². The van der Waals surface area contributed by atoms with E-state index in [-0.39, 0.29) is 12.4 Å². The lowest BCUT2D eigenvalue weighted by Crippen LogP contribution is -2.59. The number of β-amino-alcohol motifs (C(OH)–C–C–N with tert-alkyl or cyclic N) is 1. The molecule has 1 aliphatic rings. The fourth-order valence-corrected chi connectivity index (χ4v) is 4.58. The van der Waals surface area contributed by atoms with Gasteiger partial charge in [0, 0.05) is 49.5 Å². The number of rotatable bonds is 10. The molecule has 0 unspecified atom stereocenters. The van der Waals surface area contributed by atoms with Gasteiger partial charge in [-0.1, -0.05) is 24.8 Å². The average molecular weight is 517 g/mol. The number of hydrogen-bond donors (Lipinski definition) is 3. The SMILES string of the molecule is C=C(C#N)CNc1c(OC)ccc2ccc(-c3ccnc(C(=O)N[C@]4(O)CCCN(CCOC)C4)n3)cc12. The van der Waals surface area contributed by atoms with Crippen LogP contribution in [0.1, 0.15) is 23.5 Å². The largest absolute Gasteiger partial charge is 0.495 e. The van der Waals surface area contributed by atoms with Gasteiger partial charge in [-0.25, -0.2) is 9.97 Å². The van der Waals surface area contributed by atoms with E-state index >= 15 is 0 Å². The number of aliphatic hydroxyl groups is 1. The zero-order valence-corrected chi connectivity index (χ0v) is 21.7. The number of nitrogens with zero attached hydrogens (tertiary/aromatic N) is 4. The van der Waals surface area contributed by atoms with Gasteiger partial charge in [0.2, 0.25) is 5.82 Å². The Morgan fingerprint density at radius 2 is 2.11 bits per heavy atom. The molecule has 1 fully saturated rings. The van der Waals surface area contributed by atoms with Crippen LogP contribution in [0.15, 0.2) is 54.7 Å². The number of carbonyl (C=O) groups excluding carboxylic acids is 1. The number of ether oxygens (including phenoxy) is 2. The Morgan fingerprint density at radius 3 is 2.87 bits per heavy atom. The number of nitrogens with one attached hydrogen (secondary N) is 2. The van der Waals surface area contributed by atoms with Gasteiger partial charge in [0.05, 0.1) is 31.2 Å². The smallest absolute Gasteiger partial charge is 0.291 e. The van der Waals surface area contributed by atoms with Crippen molar-refractivity contribution in [2.75, 3.05) is 52.3 Å². The predicted octanol–water partition coefficient (Wildman–Crippen LogP) is 2.96. The van der Waals surface area contributed by atoms with Gasteiger partial charge in [0.15, 0.2) is 5.72 Å². The van der Waals surface area contributed by atoms with Crippen LogP contribution in [0.5, 0.6) is 5.75 Å². The molecule has 1 atom stereocenters. The lowest BCUT2D eigenvalue weighted by atomic mass is 10.0. The van der Waals surface area contributed by atoms with E-state index in [2.05, 4.69) is 32.1 Å². The van der Waals surface area contributed by atoms with Crippen LogP contribution in [0.4, 0.5) is 5.69 Å². The van der Waals surface area contributed by atoms with Gasteiger partial charge in [0.25, 0.3) is 5.91 Å². The molecule has 0 aliphatic carbocycles. The number of nitriles is 1. The average Bonchev–Trinajstić information content (AvgIpc) is 2.94. The van der Waals surface area contributed by atoms with Crippen LogP contribution >= 0.6 is 0 Å². The van der Waals surface area contributed by atoms with E-state index in [0.29, 0.717) is 43.1 Å². The minimum atomic E-state index is -1.37. The number of likely N-dealkylation sites (tertiary alicyclic amines) is 1. The van der Waals surface area contributed by atoms with E-state index in [4.69, 9.17) is 14.7 Å². The maximum Gasteiger partial charge on any atom is 0.291 e. The maximum absolute atomic E-state index is 13.0. The van der Waals surface area contributed by atoms with Crippen molar-refractivity contribution in [2.24, 2.45) is 0 Å². The summed E-state index contributed by atoms with van der Waals surface area (Å²) < 4.78 is 10.7. The zero-order valence-electron chi connectivity index (χ0n) is 21.7. The van der Waals surface area contributed by atoms with Crippen molar-refractivity contribution in [1.82, 2.24) is 20.2 Å². The first-order valence-corrected chi connectivity index (χ1v) is 12.4. The van der Waals surface area contributed by atoms with Crippen molar-refractivity contribution in [2.45, 2.75) is 18.6 Å². The van der Waals surface area contributed by atoms with Gasteiger partial charge in [-0.05, 0) is 43.0 Å². The highest BCUT2D eigenvalue weighted by atomic mass is 16.5. The number of carbonyl (C=O) groups is 1. The summed E-state index contributed by atoms with van der Waals surface area (Å²) in [5, 5.41) is 27.9. The zero-order chi connectivity index (χ0) is 27.1. The fraction of sp³-hybridized carbons (Fsp3) is 0.357. The highest BCUT2D eigenvalue weighted by Gasteiger charge is 2.35. The van der Waals surface area contributed by atoms with Crippen LogP contribution in [0.2, 0.25) is 0 Å². The van der Waals surface area contributed by atoms with Gasteiger partial charge in [-0.15, -0.1) is 0 Å². The van der Waals surface area contributed by atoms with Crippen molar-refractivity contribution in [3.05, 3.63) is 60.6 Å². The summed E-state index contributed by atoms with van der Waals surface area (Å²) in [5.74, 6) is 0.0607. The molecule has 10 nitrogen and oxygen atoms in total. The molecule has 1 aromatic heterocycles. The van der Waals surface area contributed by atoms with E-state index in [0.717, 1.165) is 35.0 Å². The predicted molar refractivity (Wildman–Crippen MR) is 145 cm³/mol. The molecule has 2 aromatic carbocycles. The van der Waals surface area contributed by atoms with Crippen LogP contribution in [-0.4, -0.2) is 78.6 Å². The minimum absolute atomic E-state index is 0.0284. The molecule has 198 valence electrons. The number of benzene rings is 2. The van der Waals surface area contributed by atoms with Gasteiger partial charge in [-0.2, -0.15) is 5.26 Å². The van der Waals surface area contributed by atoms with Crippen molar-refractivity contribution in [3.8, 4) is 23.1 Å². The molecule has 1 aliphatic heterocycles. The number of amides is 1. The number of anilines is 1. The van der Waals surface area contributed by atoms with Crippen LogP contribution in [0, 0.1) is 11.3 Å². The summed E-state index contributed by atoms with van der Waals surface area (Å²) >= 11 is 0. The second-order valence-electron chi connectivity index (χ2n) is 9.27. The standard InChI is InChI=1S/C28H32N6O4/c1-19(16-29)17-31-25-22-15-21(6-5-20(22)7-8-24(25)38-3)23-9-11-30-26(32-23)27(35)33-28(36)10-4-12-34(18-28)13-14-37-2/h5-9,11,15,31,36H,1,4,10,12-14,17-18H2,2-3H3,(H,33,35)/t28-/m0/s1. The Kier molecular flexibility index (Phi) is 8.53. The van der Waals surface area contributed by atoms with E-state index in [1.165, 1.54) is 6.20 Å². The minimum Gasteiger partial charge on any atom is -0.495 e. The van der Waals surface area contributed by atoms with Gasteiger partial charge in [0.1, 0.15) is 5.75 Å². The highest BCUT2D eigenvalue weighted by molar-refractivity contribution is 5.99. The summed E-state index contributed by atoms with van der Waals surface area (Å²) in [7, 11) is 3.22. The van der Waals surface area contributed by atoms with E-state index in [1.54, 1.807) is 20.3 Å². The quantitative estimate of drug-likeness (QED) is 0.275. The number of methoxy groups -OCH3 is 2. The van der Waals surface area contributed by atoms with Crippen LogP contribution < -0.4 is 15.4 Å². The fourth-order valence-electron chi connectivity index (χ4n) is 4.58. The summed E-state index contributed by atoms with van der Waals surface area (Å²) in [6, 6.07) is 13.4. The molecule has 1 saturated heterocycles. The lowest BCUT2D eigenvalue weighted by molar-refractivity contribution is -0.0542. The summed E-state index contributed by atoms with van der Waals surface area (Å²) in [6.45, 7) is 6.38. The van der Waals surface area contributed by atoms with Crippen LogP contribution in [0.3, 0.4) is 0 Å². The Bertz CT molecular complexity index is 1370. The van der Waals surface area contributed by atoms with Crippen molar-refractivity contribution >= 4 is 22.4 Å². The Balaban J connectivity index is 1.59. The van der Waals surface area contributed by atoms with E-state index < -0.39 is 11.6 Å². The first kappa shape index (κ1) is 27.0. The molecule has 3 aromatic rings. The van der Waals surface area contributed by atoms with Gasteiger partial charge < -0.3 is 25.2 Å². The summed E-state index contributed by atoms with van der Waals surface area (Å²) in [5.41, 5.74) is 1.09. The lowest BCUT2D eigenvalue weighted by Gasteiger charge is -2.39. The third-order valence-corrected chi connectivity index (χ3v) is 6.50. The second kappa shape index (κ2) is 12.0. The van der Waals surface area contributed by atoms with E-state index in [1.807, 2.05) is 36.4 Å². The van der Waals surface area contributed by atoms with Gasteiger partial charge >= 0.3 is 0 Å². The Labute approximate surface area is 221 Å². The van der Waals surface area contributed by atoms with Gasteiger partial charge in [-0.3, -0.25) is 9.69 Å². The van der Waals surface area contributed by atoms with Crippen molar-refractivity contribution in [3.63, 3.8) is 0 Å². The molecule has 3 N–H and O–H groups in total. The third kappa shape index (κ3) is 6.26. The van der Waals surface area contributed by atoms with Crippen LogP contribution in [0.25, 0.3) is 22.0 Å². The Morgan fingerprint density at radius 1 is 1.29 bits per heavy atom. The Hall–Kier alpha value is -4.04. The maximum atomic E-state index is 13.0. The molecule has 38 heavy (non-hydrogen) atoms. The second-order valence-corrected chi connectivity index (χ2v) is 9.27. The first-order chi connectivity index (χ1) is 18.4. The summed E-state index contributed by atoms with van der Waals surface area (Å²) in [6.07, 6.45) is 2.72. The first-order valence-electron chi connectivity index (χ1n) is 12.4. The highest BCUT2D eigenvalue weighted by Crippen LogP contribution is 2.35. The molecule has 0 spiro atoms. The van der Waals surface area contributed by atoms with Crippen molar-refractivity contribution in [1.29, 1.82) is 5.26 Å². The third-order valence-electron chi connectivity index (χ3n) is 6.50. The monoisotopic (exact) mass is 516 g/mol. The number of fused-ring (bicyclic) bond motifs is 1.